The third-order valence-electron chi connectivity index (χ3n) is 13.8. The molecule has 0 bridgehead atoms. The van der Waals surface area contributed by atoms with Crippen LogP contribution in [0.5, 0.6) is 0 Å². The smallest absolute Gasteiger partial charge is 0.0159 e. The molecule has 0 unspecified atom stereocenters. The van der Waals surface area contributed by atoms with Gasteiger partial charge in [0.1, 0.15) is 0 Å². The first-order valence-corrected chi connectivity index (χ1v) is 20.8. The molecule has 0 heteroatoms. The second-order valence-electron chi connectivity index (χ2n) is 17.1. The fraction of sp³-hybridized carbons (Fsp3) is 0.0508. The Morgan fingerprint density at radius 1 is 0.271 bits per heavy atom. The maximum Gasteiger partial charge on any atom is 0.0159 e. The predicted octanol–water partition coefficient (Wildman–Crippen LogP) is 16.5. The van der Waals surface area contributed by atoms with Crippen molar-refractivity contribution in [2.24, 2.45) is 0 Å². The highest BCUT2D eigenvalue weighted by atomic mass is 14.4. The molecule has 12 aromatic rings. The minimum absolute atomic E-state index is 0.101. The number of benzene rings is 12. The van der Waals surface area contributed by atoms with Gasteiger partial charge in [-0.25, -0.2) is 0 Å². The van der Waals surface area contributed by atoms with Gasteiger partial charge in [0.05, 0.1) is 0 Å². The summed E-state index contributed by atoms with van der Waals surface area (Å²) in [6, 6.07) is 73.4. The molecule has 13 rings (SSSR count). The summed E-state index contributed by atoms with van der Waals surface area (Å²) in [4.78, 5) is 0. The van der Waals surface area contributed by atoms with E-state index in [1.54, 1.807) is 0 Å². The van der Waals surface area contributed by atoms with Crippen LogP contribution in [0.3, 0.4) is 0 Å². The van der Waals surface area contributed by atoms with Gasteiger partial charge in [-0.3, -0.25) is 0 Å². The first-order chi connectivity index (χ1) is 29.0. The summed E-state index contributed by atoms with van der Waals surface area (Å²) in [6.07, 6.45) is 0. The zero-order valence-corrected chi connectivity index (χ0v) is 33.0. The number of hydrogen-bond donors (Lipinski definition) is 0. The summed E-state index contributed by atoms with van der Waals surface area (Å²) < 4.78 is 0. The highest BCUT2D eigenvalue weighted by Gasteiger charge is 2.35. The van der Waals surface area contributed by atoms with Crippen LogP contribution in [0.4, 0.5) is 0 Å². The number of rotatable bonds is 3. The Balaban J connectivity index is 1.15. The van der Waals surface area contributed by atoms with E-state index in [1.165, 1.54) is 131 Å². The van der Waals surface area contributed by atoms with Crippen molar-refractivity contribution in [1.29, 1.82) is 0 Å². The van der Waals surface area contributed by atoms with Crippen LogP contribution in [-0.4, -0.2) is 0 Å². The van der Waals surface area contributed by atoms with Gasteiger partial charge >= 0.3 is 0 Å². The Hall–Kier alpha value is -7.28. The molecule has 0 spiro atoms. The van der Waals surface area contributed by atoms with Gasteiger partial charge < -0.3 is 0 Å². The van der Waals surface area contributed by atoms with Crippen LogP contribution in [0, 0.1) is 0 Å². The normalized spacial score (nSPS) is 13.4. The van der Waals surface area contributed by atoms with Crippen LogP contribution in [0.2, 0.25) is 0 Å². The summed E-state index contributed by atoms with van der Waals surface area (Å²) in [5.74, 6) is 0. The summed E-state index contributed by atoms with van der Waals surface area (Å²) in [7, 11) is 0. The van der Waals surface area contributed by atoms with Gasteiger partial charge in [-0.2, -0.15) is 0 Å². The van der Waals surface area contributed by atoms with E-state index in [1.807, 2.05) is 0 Å². The summed E-state index contributed by atoms with van der Waals surface area (Å²) in [6.45, 7) is 4.77. The molecular weight excluding hydrogens is 709 g/mol. The lowest BCUT2D eigenvalue weighted by molar-refractivity contribution is 0.660. The van der Waals surface area contributed by atoms with Crippen molar-refractivity contribution in [3.8, 4) is 44.5 Å². The molecule has 0 saturated heterocycles. The van der Waals surface area contributed by atoms with Crippen LogP contribution in [0.25, 0.3) is 120 Å². The van der Waals surface area contributed by atoms with Crippen LogP contribution < -0.4 is 0 Å². The molecule has 0 amide bonds. The molecule has 0 aromatic heterocycles. The van der Waals surface area contributed by atoms with Gasteiger partial charge in [-0.05, 0) is 149 Å². The van der Waals surface area contributed by atoms with Crippen LogP contribution >= 0.6 is 0 Å². The van der Waals surface area contributed by atoms with Crippen molar-refractivity contribution >= 4 is 75.4 Å². The van der Waals surface area contributed by atoms with Gasteiger partial charge in [-0.1, -0.05) is 190 Å². The van der Waals surface area contributed by atoms with Crippen LogP contribution in [0.15, 0.2) is 194 Å². The molecule has 0 N–H and O–H groups in total. The largest absolute Gasteiger partial charge is 0.0619 e. The highest BCUT2D eigenvalue weighted by molar-refractivity contribution is 6.35. The van der Waals surface area contributed by atoms with Crippen molar-refractivity contribution < 1.29 is 0 Å². The molecule has 59 heavy (non-hydrogen) atoms. The van der Waals surface area contributed by atoms with E-state index in [4.69, 9.17) is 0 Å². The molecule has 0 radical (unpaired) electrons. The van der Waals surface area contributed by atoms with Gasteiger partial charge in [0, 0.05) is 5.41 Å². The van der Waals surface area contributed by atoms with Gasteiger partial charge in [0.25, 0.3) is 0 Å². The summed E-state index contributed by atoms with van der Waals surface area (Å²) in [5.41, 5.74) is 13.0. The van der Waals surface area contributed by atoms with E-state index in [0.29, 0.717) is 0 Å². The van der Waals surface area contributed by atoms with Crippen molar-refractivity contribution in [1.82, 2.24) is 0 Å². The molecule has 0 fully saturated rings. The van der Waals surface area contributed by atoms with Crippen molar-refractivity contribution in [2.75, 3.05) is 0 Å². The molecular formula is C59H38. The maximum atomic E-state index is 2.50. The lowest BCUT2D eigenvalue weighted by atomic mass is 9.79. The van der Waals surface area contributed by atoms with E-state index in [9.17, 15) is 0 Å². The predicted molar refractivity (Wildman–Crippen MR) is 254 cm³/mol. The van der Waals surface area contributed by atoms with Crippen LogP contribution in [-0.2, 0) is 5.41 Å². The van der Waals surface area contributed by atoms with Crippen molar-refractivity contribution in [3.63, 3.8) is 0 Å². The Morgan fingerprint density at radius 3 is 1.63 bits per heavy atom. The minimum Gasteiger partial charge on any atom is -0.0619 e. The Labute approximate surface area is 342 Å². The average Bonchev–Trinajstić information content (AvgIpc) is 3.52. The van der Waals surface area contributed by atoms with Crippen molar-refractivity contribution in [2.45, 2.75) is 19.3 Å². The number of fused-ring (bicyclic) bond motifs is 8. The molecule has 1 aliphatic carbocycles. The fourth-order valence-electron chi connectivity index (χ4n) is 11.1. The summed E-state index contributed by atoms with van der Waals surface area (Å²) in [5, 5.41) is 18.1. The Bertz CT molecular complexity index is 3700. The molecule has 0 aliphatic heterocycles. The van der Waals surface area contributed by atoms with E-state index in [-0.39, 0.29) is 5.41 Å². The topological polar surface area (TPSA) is 0 Å². The second kappa shape index (κ2) is 11.9. The molecule has 0 heterocycles. The fourth-order valence-corrected chi connectivity index (χ4v) is 11.1. The van der Waals surface area contributed by atoms with Gasteiger partial charge in [0.15, 0.2) is 0 Å². The number of hydrogen-bond acceptors (Lipinski definition) is 0. The zero-order valence-electron chi connectivity index (χ0n) is 33.0. The molecule has 274 valence electrons. The highest BCUT2D eigenvalue weighted by Crippen LogP contribution is 2.53. The molecule has 0 saturated carbocycles. The quantitative estimate of drug-likeness (QED) is 0.125. The Kier molecular flexibility index (Phi) is 6.60. The summed E-state index contributed by atoms with van der Waals surface area (Å²) >= 11 is 0. The third kappa shape index (κ3) is 4.49. The first-order valence-electron chi connectivity index (χ1n) is 20.8. The molecule has 0 atom stereocenters. The second-order valence-corrected chi connectivity index (χ2v) is 17.1. The molecule has 1 aliphatic rings. The molecule has 0 nitrogen and oxygen atoms in total. The van der Waals surface area contributed by atoms with E-state index in [0.717, 1.165) is 0 Å². The third-order valence-corrected chi connectivity index (χ3v) is 13.8. The lowest BCUT2D eigenvalue weighted by Crippen LogP contribution is -2.14. The van der Waals surface area contributed by atoms with E-state index >= 15 is 0 Å². The van der Waals surface area contributed by atoms with Gasteiger partial charge in [-0.15, -0.1) is 0 Å². The van der Waals surface area contributed by atoms with Crippen LogP contribution in [0.1, 0.15) is 25.0 Å². The van der Waals surface area contributed by atoms with Gasteiger partial charge in [0.2, 0.25) is 0 Å². The van der Waals surface area contributed by atoms with E-state index in [2.05, 4.69) is 208 Å². The standard InChI is InChI=1S/C59H38/c1-59(2)53-23-8-7-16-41(53)42-28-27-40(34-54(42)59)56-43-17-5-6-18-46(43)58(51-29-26-39(33-52(51)56)38-25-24-35-12-3-4-13-37(35)32-38)50-31-30-49-45-20-10-15-36-14-9-19-44(55(36)45)47-21-11-22-48(50)57(47)49/h3-34H,1-2H3. The lowest BCUT2D eigenvalue weighted by Gasteiger charge is -2.23. The first kappa shape index (κ1) is 32.8. The average molecular weight is 747 g/mol. The Morgan fingerprint density at radius 2 is 0.797 bits per heavy atom. The van der Waals surface area contributed by atoms with Crippen molar-refractivity contribution in [3.05, 3.63) is 205 Å². The van der Waals surface area contributed by atoms with E-state index < -0.39 is 0 Å². The monoisotopic (exact) mass is 746 g/mol. The SMILES string of the molecule is CC1(C)c2ccccc2-c2ccc(-c3c4ccccc4c(-c4ccc5c6cccc7cccc(c8cccc4c85)c76)c4ccc(-c5ccc6ccccc6c5)cc34)cc21. The maximum absolute atomic E-state index is 2.50. The minimum atomic E-state index is -0.101. The molecule has 12 aromatic carbocycles. The zero-order chi connectivity index (χ0) is 39.0.